The van der Waals surface area contributed by atoms with Crippen LogP contribution in [0.1, 0.15) is 45.4 Å². The van der Waals surface area contributed by atoms with Gasteiger partial charge in [-0.1, -0.05) is 19.8 Å². The number of amides is 1. The summed E-state index contributed by atoms with van der Waals surface area (Å²) in [5, 5.41) is 3.16. The quantitative estimate of drug-likeness (QED) is 0.792. The van der Waals surface area contributed by atoms with Crippen LogP contribution in [0.2, 0.25) is 0 Å². The SMILES string of the molecule is CC1CCN(CC(=O)NC2CCCC2)CC1. The second kappa shape index (κ2) is 5.67. The summed E-state index contributed by atoms with van der Waals surface area (Å²) in [4.78, 5) is 14.1. The number of nitrogens with one attached hydrogen (secondary N) is 1. The zero-order valence-corrected chi connectivity index (χ0v) is 10.4. The van der Waals surface area contributed by atoms with Gasteiger partial charge >= 0.3 is 0 Å². The van der Waals surface area contributed by atoms with Crippen molar-refractivity contribution < 1.29 is 4.79 Å². The minimum atomic E-state index is 0.237. The Bertz CT molecular complexity index is 228. The van der Waals surface area contributed by atoms with Gasteiger partial charge in [-0.2, -0.15) is 0 Å². The van der Waals surface area contributed by atoms with E-state index in [0.29, 0.717) is 12.6 Å². The van der Waals surface area contributed by atoms with Gasteiger partial charge in [-0.3, -0.25) is 9.69 Å². The van der Waals surface area contributed by atoms with E-state index in [2.05, 4.69) is 17.1 Å². The van der Waals surface area contributed by atoms with Crippen LogP contribution in [0.15, 0.2) is 0 Å². The number of hydrogen-bond donors (Lipinski definition) is 1. The van der Waals surface area contributed by atoms with Crippen molar-refractivity contribution >= 4 is 5.91 Å². The van der Waals surface area contributed by atoms with Gasteiger partial charge in [0.2, 0.25) is 5.91 Å². The Balaban J connectivity index is 1.66. The number of nitrogens with zero attached hydrogens (tertiary/aromatic N) is 1. The van der Waals surface area contributed by atoms with Gasteiger partial charge in [-0.15, -0.1) is 0 Å². The first-order valence-corrected chi connectivity index (χ1v) is 6.76. The third-order valence-corrected chi connectivity index (χ3v) is 3.96. The Morgan fingerprint density at radius 1 is 1.19 bits per heavy atom. The van der Waals surface area contributed by atoms with E-state index in [1.165, 1.54) is 38.5 Å². The third-order valence-electron chi connectivity index (χ3n) is 3.96. The molecule has 1 saturated heterocycles. The van der Waals surface area contributed by atoms with Crippen molar-refractivity contribution in [3.8, 4) is 0 Å². The number of likely N-dealkylation sites (tertiary alicyclic amines) is 1. The van der Waals surface area contributed by atoms with Crippen molar-refractivity contribution in [2.75, 3.05) is 19.6 Å². The number of rotatable bonds is 3. The molecule has 0 spiro atoms. The third kappa shape index (κ3) is 3.48. The molecule has 0 aromatic carbocycles. The summed E-state index contributed by atoms with van der Waals surface area (Å²) in [7, 11) is 0. The van der Waals surface area contributed by atoms with E-state index < -0.39 is 0 Å². The van der Waals surface area contributed by atoms with Crippen molar-refractivity contribution in [3.63, 3.8) is 0 Å². The summed E-state index contributed by atoms with van der Waals surface area (Å²) in [6, 6.07) is 0.469. The molecule has 2 rings (SSSR count). The van der Waals surface area contributed by atoms with Crippen LogP contribution in [0.4, 0.5) is 0 Å². The largest absolute Gasteiger partial charge is 0.352 e. The van der Waals surface area contributed by atoms with E-state index in [4.69, 9.17) is 0 Å². The minimum absolute atomic E-state index is 0.237. The maximum atomic E-state index is 11.8. The molecule has 0 aromatic rings. The highest BCUT2D eigenvalue weighted by Gasteiger charge is 2.21. The Labute approximate surface area is 98.6 Å². The number of carbonyl (C=O) groups is 1. The molecule has 2 fully saturated rings. The minimum Gasteiger partial charge on any atom is -0.352 e. The van der Waals surface area contributed by atoms with Crippen LogP contribution in [-0.4, -0.2) is 36.5 Å². The molecule has 3 nitrogen and oxygen atoms in total. The van der Waals surface area contributed by atoms with Crippen LogP contribution in [-0.2, 0) is 4.79 Å². The van der Waals surface area contributed by atoms with E-state index >= 15 is 0 Å². The van der Waals surface area contributed by atoms with Crippen molar-refractivity contribution in [1.82, 2.24) is 10.2 Å². The second-order valence-electron chi connectivity index (χ2n) is 5.51. The smallest absolute Gasteiger partial charge is 0.234 e. The first-order valence-electron chi connectivity index (χ1n) is 6.76. The molecule has 1 saturated carbocycles. The average molecular weight is 224 g/mol. The highest BCUT2D eigenvalue weighted by molar-refractivity contribution is 5.78. The van der Waals surface area contributed by atoms with E-state index in [1.807, 2.05) is 0 Å². The fourth-order valence-electron chi connectivity index (χ4n) is 2.77. The number of piperidine rings is 1. The molecule has 2 aliphatic rings. The van der Waals surface area contributed by atoms with Crippen molar-refractivity contribution in [2.45, 2.75) is 51.5 Å². The highest BCUT2D eigenvalue weighted by Crippen LogP contribution is 2.18. The number of hydrogen-bond acceptors (Lipinski definition) is 2. The van der Waals surface area contributed by atoms with Gasteiger partial charge in [-0.25, -0.2) is 0 Å². The first-order chi connectivity index (χ1) is 7.74. The van der Waals surface area contributed by atoms with Gasteiger partial charge in [0.05, 0.1) is 6.54 Å². The highest BCUT2D eigenvalue weighted by atomic mass is 16.2. The van der Waals surface area contributed by atoms with Crippen LogP contribution in [0.25, 0.3) is 0 Å². The molecule has 1 amide bonds. The maximum absolute atomic E-state index is 11.8. The van der Waals surface area contributed by atoms with E-state index in [9.17, 15) is 4.79 Å². The predicted molar refractivity (Wildman–Crippen MR) is 65.2 cm³/mol. The first kappa shape index (κ1) is 11.9. The molecule has 0 unspecified atom stereocenters. The Kier molecular flexibility index (Phi) is 4.22. The van der Waals surface area contributed by atoms with Gasteiger partial charge in [0.15, 0.2) is 0 Å². The zero-order valence-electron chi connectivity index (χ0n) is 10.4. The molecule has 1 aliphatic carbocycles. The normalized spacial score (nSPS) is 24.8. The molecule has 0 atom stereocenters. The molecule has 0 radical (unpaired) electrons. The lowest BCUT2D eigenvalue weighted by atomic mass is 9.99. The molecule has 1 N–H and O–H groups in total. The molecule has 92 valence electrons. The van der Waals surface area contributed by atoms with Crippen molar-refractivity contribution in [3.05, 3.63) is 0 Å². The Morgan fingerprint density at radius 3 is 2.44 bits per heavy atom. The van der Waals surface area contributed by atoms with E-state index in [1.54, 1.807) is 0 Å². The summed E-state index contributed by atoms with van der Waals surface area (Å²) >= 11 is 0. The van der Waals surface area contributed by atoms with Gasteiger partial charge in [-0.05, 0) is 44.7 Å². The lowest BCUT2D eigenvalue weighted by Crippen LogP contribution is -2.43. The van der Waals surface area contributed by atoms with E-state index in [0.717, 1.165) is 19.0 Å². The van der Waals surface area contributed by atoms with Crippen LogP contribution in [0.5, 0.6) is 0 Å². The maximum Gasteiger partial charge on any atom is 0.234 e. The number of carbonyl (C=O) groups excluding carboxylic acids is 1. The average Bonchev–Trinajstić information content (AvgIpc) is 2.74. The Morgan fingerprint density at radius 2 is 1.81 bits per heavy atom. The Hall–Kier alpha value is -0.570. The molecule has 1 heterocycles. The molecule has 1 aliphatic heterocycles. The summed E-state index contributed by atoms with van der Waals surface area (Å²) in [6.07, 6.45) is 7.43. The van der Waals surface area contributed by atoms with E-state index in [-0.39, 0.29) is 5.91 Å². The lowest BCUT2D eigenvalue weighted by molar-refractivity contribution is -0.123. The molecule has 0 aromatic heterocycles. The predicted octanol–water partition coefficient (Wildman–Crippen LogP) is 1.78. The molecule has 3 heteroatoms. The molecule has 0 bridgehead atoms. The molecular formula is C13H24N2O. The summed E-state index contributed by atoms with van der Waals surface area (Å²) in [6.45, 7) is 5.11. The van der Waals surface area contributed by atoms with Crippen LogP contribution >= 0.6 is 0 Å². The van der Waals surface area contributed by atoms with Gasteiger partial charge in [0, 0.05) is 6.04 Å². The monoisotopic (exact) mass is 224 g/mol. The van der Waals surface area contributed by atoms with Gasteiger partial charge in [0.25, 0.3) is 0 Å². The van der Waals surface area contributed by atoms with Crippen LogP contribution in [0.3, 0.4) is 0 Å². The molecule has 16 heavy (non-hydrogen) atoms. The lowest BCUT2D eigenvalue weighted by Gasteiger charge is -2.29. The van der Waals surface area contributed by atoms with Gasteiger partial charge in [0.1, 0.15) is 0 Å². The standard InChI is InChI=1S/C13H24N2O/c1-11-6-8-15(9-7-11)10-13(16)14-12-4-2-3-5-12/h11-12H,2-10H2,1H3,(H,14,16). The van der Waals surface area contributed by atoms with Crippen LogP contribution < -0.4 is 5.32 Å². The molecular weight excluding hydrogens is 200 g/mol. The summed E-state index contributed by atoms with van der Waals surface area (Å²) < 4.78 is 0. The summed E-state index contributed by atoms with van der Waals surface area (Å²) in [5.74, 6) is 1.08. The fraction of sp³-hybridized carbons (Fsp3) is 0.923. The summed E-state index contributed by atoms with van der Waals surface area (Å²) in [5.41, 5.74) is 0. The second-order valence-corrected chi connectivity index (χ2v) is 5.51. The van der Waals surface area contributed by atoms with Crippen molar-refractivity contribution in [1.29, 1.82) is 0 Å². The van der Waals surface area contributed by atoms with Gasteiger partial charge < -0.3 is 5.32 Å². The van der Waals surface area contributed by atoms with Crippen molar-refractivity contribution in [2.24, 2.45) is 5.92 Å². The van der Waals surface area contributed by atoms with Crippen LogP contribution in [0, 0.1) is 5.92 Å². The topological polar surface area (TPSA) is 32.3 Å². The zero-order chi connectivity index (χ0) is 11.4. The fourth-order valence-corrected chi connectivity index (χ4v) is 2.77.